The molecule has 2 unspecified atom stereocenters. The van der Waals surface area contributed by atoms with E-state index in [1.807, 2.05) is 0 Å². The third-order valence-corrected chi connectivity index (χ3v) is 7.76. The minimum atomic E-state index is -0.122. The summed E-state index contributed by atoms with van der Waals surface area (Å²) >= 11 is 2.26. The maximum Gasteiger partial charge on any atom is 0.321 e. The molecule has 4 aliphatic carbocycles. The molecule has 4 heteroatoms. The van der Waals surface area contributed by atoms with E-state index >= 15 is 0 Å². The van der Waals surface area contributed by atoms with Crippen LogP contribution in [0.25, 0.3) is 0 Å². The van der Waals surface area contributed by atoms with E-state index in [4.69, 9.17) is 4.74 Å². The number of carbonyl (C=O) groups is 1. The fourth-order valence-corrected chi connectivity index (χ4v) is 6.12. The van der Waals surface area contributed by atoms with Crippen LogP contribution in [0, 0.1) is 23.7 Å². The minimum Gasteiger partial charge on any atom is -0.458 e. The maximum atomic E-state index is 12.5. The molecule has 2 atom stereocenters. The summed E-state index contributed by atoms with van der Waals surface area (Å²) < 4.78 is 6.23. The Balaban J connectivity index is 1.55. The van der Waals surface area contributed by atoms with E-state index in [1.54, 1.807) is 0 Å². The lowest BCUT2D eigenvalue weighted by molar-refractivity contribution is -0.210. The molecule has 5 fully saturated rings. The Hall–Kier alpha value is 0.160. The highest BCUT2D eigenvalue weighted by Crippen LogP contribution is 2.60. The lowest BCUT2D eigenvalue weighted by atomic mass is 9.49. The van der Waals surface area contributed by atoms with Gasteiger partial charge in [0, 0.05) is 12.6 Å². The molecule has 112 valence electrons. The van der Waals surface area contributed by atoms with Gasteiger partial charge in [0.15, 0.2) is 0 Å². The van der Waals surface area contributed by atoms with Crippen molar-refractivity contribution < 1.29 is 9.53 Å². The minimum absolute atomic E-state index is 0.00628. The van der Waals surface area contributed by atoms with Crippen LogP contribution in [0.2, 0.25) is 0 Å². The molecule has 1 saturated heterocycles. The summed E-state index contributed by atoms with van der Waals surface area (Å²) in [5.41, 5.74) is -0.122. The van der Waals surface area contributed by atoms with E-state index in [1.165, 1.54) is 32.1 Å². The van der Waals surface area contributed by atoms with Crippen LogP contribution in [-0.2, 0) is 9.53 Å². The van der Waals surface area contributed by atoms with E-state index in [9.17, 15) is 4.79 Å². The molecule has 1 N–H and O–H groups in total. The number of halogens is 1. The van der Waals surface area contributed by atoms with Gasteiger partial charge in [-0.3, -0.25) is 4.79 Å². The van der Waals surface area contributed by atoms with Gasteiger partial charge in [-0.25, -0.2) is 0 Å². The second kappa shape index (κ2) is 4.83. The SMILES string of the molecule is CCC1(OC(=O)C(I)C2CN2)C2CC3CC(C2)CC1C3. The molecule has 5 aliphatic rings. The van der Waals surface area contributed by atoms with Gasteiger partial charge >= 0.3 is 5.97 Å². The van der Waals surface area contributed by atoms with Crippen molar-refractivity contribution in [3.63, 3.8) is 0 Å². The van der Waals surface area contributed by atoms with Gasteiger partial charge in [-0.05, 0) is 62.2 Å². The van der Waals surface area contributed by atoms with Crippen molar-refractivity contribution in [1.82, 2.24) is 5.32 Å². The summed E-state index contributed by atoms with van der Waals surface area (Å²) in [5.74, 6) is 3.18. The van der Waals surface area contributed by atoms with E-state index in [-0.39, 0.29) is 15.5 Å². The van der Waals surface area contributed by atoms with Crippen molar-refractivity contribution in [2.24, 2.45) is 23.7 Å². The van der Waals surface area contributed by atoms with Crippen molar-refractivity contribution in [1.29, 1.82) is 0 Å². The second-order valence-electron chi connectivity index (χ2n) is 7.45. The van der Waals surface area contributed by atoms with E-state index in [0.29, 0.717) is 17.9 Å². The van der Waals surface area contributed by atoms with Gasteiger partial charge in [0.2, 0.25) is 0 Å². The summed E-state index contributed by atoms with van der Waals surface area (Å²) in [5, 5.41) is 3.24. The number of alkyl halides is 1. The molecular weight excluding hydrogens is 365 g/mol. The molecular formula is C16H24INO2. The largest absolute Gasteiger partial charge is 0.458 e. The van der Waals surface area contributed by atoms with Crippen LogP contribution < -0.4 is 5.32 Å². The van der Waals surface area contributed by atoms with Crippen LogP contribution in [0.15, 0.2) is 0 Å². The highest BCUT2D eigenvalue weighted by molar-refractivity contribution is 14.1. The van der Waals surface area contributed by atoms with Crippen LogP contribution >= 0.6 is 22.6 Å². The Morgan fingerprint density at radius 1 is 1.25 bits per heavy atom. The second-order valence-corrected chi connectivity index (χ2v) is 8.79. The Bertz CT molecular complexity index is 393. The molecule has 0 spiro atoms. The molecule has 0 aromatic carbocycles. The molecule has 1 heterocycles. The third-order valence-electron chi connectivity index (χ3n) is 6.38. The summed E-state index contributed by atoms with van der Waals surface area (Å²) in [7, 11) is 0. The first-order chi connectivity index (χ1) is 9.62. The Morgan fingerprint density at radius 3 is 2.25 bits per heavy atom. The zero-order chi connectivity index (χ0) is 13.9. The van der Waals surface area contributed by atoms with Crippen LogP contribution in [0.5, 0.6) is 0 Å². The van der Waals surface area contributed by atoms with Crippen LogP contribution in [-0.4, -0.2) is 28.1 Å². The van der Waals surface area contributed by atoms with E-state index < -0.39 is 0 Å². The first-order valence-corrected chi connectivity index (χ1v) is 9.47. The third kappa shape index (κ3) is 2.04. The standard InChI is InChI=1S/C16H24INO2/c1-2-16(20-15(19)14(17)13-8-18-13)11-4-9-3-10(6-11)7-12(16)5-9/h9-14,18H,2-8H2,1H3. The molecule has 20 heavy (non-hydrogen) atoms. The predicted octanol–water partition coefficient (Wildman–Crippen LogP) is 2.91. The van der Waals surface area contributed by atoms with E-state index in [2.05, 4.69) is 34.8 Å². The summed E-state index contributed by atoms with van der Waals surface area (Å²) in [4.78, 5) is 12.5. The molecule has 3 nitrogen and oxygen atoms in total. The number of ether oxygens (including phenoxy) is 1. The number of nitrogens with one attached hydrogen (secondary N) is 1. The predicted molar refractivity (Wildman–Crippen MR) is 85.8 cm³/mol. The summed E-state index contributed by atoms with van der Waals surface area (Å²) in [6, 6.07) is 0.355. The average molecular weight is 389 g/mol. The zero-order valence-electron chi connectivity index (χ0n) is 12.1. The lowest BCUT2D eigenvalue weighted by Gasteiger charge is -2.60. The van der Waals surface area contributed by atoms with Crippen LogP contribution in [0.1, 0.15) is 45.4 Å². The summed E-state index contributed by atoms with van der Waals surface area (Å²) in [6.45, 7) is 3.20. The number of hydrogen-bond acceptors (Lipinski definition) is 3. The lowest BCUT2D eigenvalue weighted by Crippen LogP contribution is -2.60. The highest BCUT2D eigenvalue weighted by Gasteiger charge is 2.59. The maximum absolute atomic E-state index is 12.5. The molecule has 0 radical (unpaired) electrons. The molecule has 1 aliphatic heterocycles. The number of carbonyl (C=O) groups excluding carboxylic acids is 1. The molecule has 0 aromatic rings. The molecule has 4 bridgehead atoms. The van der Waals surface area contributed by atoms with Crippen molar-refractivity contribution in [3.05, 3.63) is 0 Å². The highest BCUT2D eigenvalue weighted by atomic mass is 127. The van der Waals surface area contributed by atoms with Crippen molar-refractivity contribution >= 4 is 28.6 Å². The quantitative estimate of drug-likeness (QED) is 0.348. The monoisotopic (exact) mass is 389 g/mol. The topological polar surface area (TPSA) is 48.2 Å². The Morgan fingerprint density at radius 2 is 1.80 bits per heavy atom. The molecule has 4 saturated carbocycles. The molecule has 5 rings (SSSR count). The van der Waals surface area contributed by atoms with Gasteiger partial charge in [0.25, 0.3) is 0 Å². The van der Waals surface area contributed by atoms with Gasteiger partial charge in [0.1, 0.15) is 9.53 Å². The van der Waals surface area contributed by atoms with Gasteiger partial charge in [-0.1, -0.05) is 29.5 Å². The Kier molecular flexibility index (Phi) is 3.33. The van der Waals surface area contributed by atoms with E-state index in [0.717, 1.165) is 24.8 Å². The number of hydrogen-bond donors (Lipinski definition) is 1. The fourth-order valence-electron chi connectivity index (χ4n) is 5.48. The van der Waals surface area contributed by atoms with Gasteiger partial charge < -0.3 is 10.1 Å². The first kappa shape index (κ1) is 13.8. The number of rotatable bonds is 4. The van der Waals surface area contributed by atoms with Gasteiger partial charge in [-0.15, -0.1) is 0 Å². The smallest absolute Gasteiger partial charge is 0.321 e. The van der Waals surface area contributed by atoms with Crippen molar-refractivity contribution in [2.75, 3.05) is 6.54 Å². The van der Waals surface area contributed by atoms with Gasteiger partial charge in [-0.2, -0.15) is 0 Å². The van der Waals surface area contributed by atoms with Crippen molar-refractivity contribution in [2.45, 2.75) is 61.0 Å². The first-order valence-electron chi connectivity index (χ1n) is 8.22. The fraction of sp³-hybridized carbons (Fsp3) is 0.938. The zero-order valence-corrected chi connectivity index (χ0v) is 14.3. The number of esters is 1. The van der Waals surface area contributed by atoms with Gasteiger partial charge in [0.05, 0.1) is 0 Å². The molecule has 0 aromatic heterocycles. The summed E-state index contributed by atoms with van der Waals surface area (Å²) in [6.07, 6.45) is 7.68. The normalized spacial score (nSPS) is 50.0. The average Bonchev–Trinajstić information content (AvgIpc) is 3.25. The van der Waals surface area contributed by atoms with Crippen LogP contribution in [0.4, 0.5) is 0 Å². The Labute approximate surface area is 134 Å². The van der Waals surface area contributed by atoms with Crippen molar-refractivity contribution in [3.8, 4) is 0 Å². The molecule has 0 amide bonds. The van der Waals surface area contributed by atoms with Crippen LogP contribution in [0.3, 0.4) is 0 Å².